The van der Waals surface area contributed by atoms with E-state index in [1.807, 2.05) is 4.90 Å². The molecule has 0 aromatic heterocycles. The number of morpholine rings is 1. The molecular formula is C14H27N3O2. The van der Waals surface area contributed by atoms with Crippen molar-refractivity contribution >= 4 is 5.91 Å². The number of likely N-dealkylation sites (tertiary alicyclic amines) is 1. The first-order valence-corrected chi connectivity index (χ1v) is 7.34. The van der Waals surface area contributed by atoms with Crippen molar-refractivity contribution < 1.29 is 9.53 Å². The van der Waals surface area contributed by atoms with E-state index in [0.29, 0.717) is 31.8 Å². The van der Waals surface area contributed by atoms with Gasteiger partial charge >= 0.3 is 0 Å². The zero-order valence-electron chi connectivity index (χ0n) is 12.5. The van der Waals surface area contributed by atoms with Gasteiger partial charge in [-0.1, -0.05) is 0 Å². The summed E-state index contributed by atoms with van der Waals surface area (Å²) in [7, 11) is 4.26. The van der Waals surface area contributed by atoms with E-state index in [0.717, 1.165) is 32.5 Å². The number of rotatable bonds is 3. The summed E-state index contributed by atoms with van der Waals surface area (Å²) in [6.07, 6.45) is 2.32. The number of amides is 1. The number of hydrogen-bond donors (Lipinski definition) is 0. The standard InChI is InChI=1S/C14H27N3O2/c1-12-10-13(4-5-15(12)2)16(3)11-14(18)17-6-8-19-9-7-17/h12-13H,4-11H2,1-3H3/t12-,13-/m1/s1. The molecule has 0 aromatic carbocycles. The number of hydrogen-bond acceptors (Lipinski definition) is 4. The molecule has 0 aliphatic carbocycles. The molecule has 1 amide bonds. The molecule has 0 aromatic rings. The van der Waals surface area contributed by atoms with Crippen LogP contribution < -0.4 is 0 Å². The SMILES string of the molecule is C[C@@H]1C[C@H](N(C)CC(=O)N2CCOCC2)CCN1C. The fourth-order valence-electron chi connectivity index (χ4n) is 2.92. The van der Waals surface area contributed by atoms with Gasteiger partial charge in [0, 0.05) is 25.2 Å². The third-order valence-electron chi connectivity index (χ3n) is 4.55. The van der Waals surface area contributed by atoms with Crippen molar-refractivity contribution in [3.8, 4) is 0 Å². The summed E-state index contributed by atoms with van der Waals surface area (Å²) in [6.45, 7) is 6.79. The maximum absolute atomic E-state index is 12.2. The minimum atomic E-state index is 0.248. The summed E-state index contributed by atoms with van der Waals surface area (Å²) in [6, 6.07) is 1.15. The van der Waals surface area contributed by atoms with Crippen molar-refractivity contribution in [2.45, 2.75) is 31.8 Å². The number of likely N-dealkylation sites (N-methyl/N-ethyl adjacent to an activating group) is 1. The topological polar surface area (TPSA) is 36.0 Å². The first kappa shape index (κ1) is 14.8. The van der Waals surface area contributed by atoms with Crippen LogP contribution in [0.2, 0.25) is 0 Å². The van der Waals surface area contributed by atoms with Crippen molar-refractivity contribution in [3.63, 3.8) is 0 Å². The average molecular weight is 269 g/mol. The van der Waals surface area contributed by atoms with Crippen molar-refractivity contribution in [1.82, 2.24) is 14.7 Å². The molecule has 2 fully saturated rings. The van der Waals surface area contributed by atoms with Crippen LogP contribution in [0, 0.1) is 0 Å². The molecular weight excluding hydrogens is 242 g/mol. The quantitative estimate of drug-likeness (QED) is 0.736. The molecule has 5 nitrogen and oxygen atoms in total. The second kappa shape index (κ2) is 6.68. The minimum absolute atomic E-state index is 0.248. The summed E-state index contributed by atoms with van der Waals surface area (Å²) in [5.41, 5.74) is 0. The van der Waals surface area contributed by atoms with Gasteiger partial charge in [0.25, 0.3) is 0 Å². The van der Waals surface area contributed by atoms with Crippen LogP contribution in [-0.2, 0) is 9.53 Å². The van der Waals surface area contributed by atoms with E-state index in [-0.39, 0.29) is 5.91 Å². The zero-order chi connectivity index (χ0) is 13.8. The largest absolute Gasteiger partial charge is 0.378 e. The highest BCUT2D eigenvalue weighted by atomic mass is 16.5. The number of piperidine rings is 1. The molecule has 5 heteroatoms. The normalized spacial score (nSPS) is 29.8. The first-order valence-electron chi connectivity index (χ1n) is 7.34. The van der Waals surface area contributed by atoms with Crippen LogP contribution >= 0.6 is 0 Å². The van der Waals surface area contributed by atoms with Crippen LogP contribution in [0.1, 0.15) is 19.8 Å². The van der Waals surface area contributed by atoms with E-state index in [4.69, 9.17) is 4.74 Å². The Kier molecular flexibility index (Phi) is 5.19. The highest BCUT2D eigenvalue weighted by Crippen LogP contribution is 2.19. The van der Waals surface area contributed by atoms with E-state index in [2.05, 4.69) is 30.8 Å². The van der Waals surface area contributed by atoms with E-state index in [9.17, 15) is 4.79 Å². The molecule has 0 saturated carbocycles. The summed E-state index contributed by atoms with van der Waals surface area (Å²) in [5.74, 6) is 0.248. The Labute approximate surface area is 116 Å². The van der Waals surface area contributed by atoms with E-state index < -0.39 is 0 Å². The molecule has 2 saturated heterocycles. The molecule has 0 spiro atoms. The number of ether oxygens (including phenoxy) is 1. The maximum atomic E-state index is 12.2. The second-order valence-corrected chi connectivity index (χ2v) is 5.92. The highest BCUT2D eigenvalue weighted by Gasteiger charge is 2.27. The van der Waals surface area contributed by atoms with Gasteiger partial charge in [-0.25, -0.2) is 0 Å². The lowest BCUT2D eigenvalue weighted by atomic mass is 9.98. The Morgan fingerprint density at radius 2 is 2.00 bits per heavy atom. The van der Waals surface area contributed by atoms with Gasteiger partial charge in [-0.15, -0.1) is 0 Å². The van der Waals surface area contributed by atoms with E-state index >= 15 is 0 Å². The highest BCUT2D eigenvalue weighted by molar-refractivity contribution is 5.78. The number of nitrogens with zero attached hydrogens (tertiary/aromatic N) is 3. The van der Waals surface area contributed by atoms with Crippen molar-refractivity contribution in [1.29, 1.82) is 0 Å². The van der Waals surface area contributed by atoms with Crippen LogP contribution in [0.3, 0.4) is 0 Å². The van der Waals surface area contributed by atoms with Gasteiger partial charge in [-0.3, -0.25) is 9.69 Å². The predicted molar refractivity (Wildman–Crippen MR) is 75.1 cm³/mol. The number of carbonyl (C=O) groups excluding carboxylic acids is 1. The molecule has 2 aliphatic rings. The molecule has 0 bridgehead atoms. The molecule has 2 rings (SSSR count). The smallest absolute Gasteiger partial charge is 0.236 e. The average Bonchev–Trinajstić information content (AvgIpc) is 2.42. The minimum Gasteiger partial charge on any atom is -0.378 e. The van der Waals surface area contributed by atoms with Crippen LogP contribution in [0.4, 0.5) is 0 Å². The van der Waals surface area contributed by atoms with Gasteiger partial charge in [-0.05, 0) is 40.4 Å². The molecule has 2 heterocycles. The van der Waals surface area contributed by atoms with Crippen molar-refractivity contribution in [2.24, 2.45) is 0 Å². The fourth-order valence-corrected chi connectivity index (χ4v) is 2.92. The van der Waals surface area contributed by atoms with Gasteiger partial charge in [-0.2, -0.15) is 0 Å². The van der Waals surface area contributed by atoms with Gasteiger partial charge in [0.05, 0.1) is 19.8 Å². The summed E-state index contributed by atoms with van der Waals surface area (Å²) >= 11 is 0. The fraction of sp³-hybridized carbons (Fsp3) is 0.929. The van der Waals surface area contributed by atoms with E-state index in [1.165, 1.54) is 0 Å². The Bertz CT molecular complexity index is 305. The Morgan fingerprint density at radius 3 is 2.63 bits per heavy atom. The Balaban J connectivity index is 1.79. The summed E-state index contributed by atoms with van der Waals surface area (Å²) in [5, 5.41) is 0. The molecule has 110 valence electrons. The molecule has 2 atom stereocenters. The monoisotopic (exact) mass is 269 g/mol. The lowest BCUT2D eigenvalue weighted by Crippen LogP contribution is -2.50. The molecule has 0 unspecified atom stereocenters. The Morgan fingerprint density at radius 1 is 1.32 bits per heavy atom. The molecule has 0 N–H and O–H groups in total. The Hall–Kier alpha value is -0.650. The number of carbonyl (C=O) groups is 1. The lowest BCUT2D eigenvalue weighted by molar-refractivity contribution is -0.137. The van der Waals surface area contributed by atoms with Gasteiger partial charge in [0.1, 0.15) is 0 Å². The third-order valence-corrected chi connectivity index (χ3v) is 4.55. The third kappa shape index (κ3) is 3.91. The van der Waals surface area contributed by atoms with Crippen LogP contribution in [0.25, 0.3) is 0 Å². The first-order chi connectivity index (χ1) is 9.08. The van der Waals surface area contributed by atoms with Crippen molar-refractivity contribution in [2.75, 3.05) is 53.5 Å². The molecule has 2 aliphatic heterocycles. The summed E-state index contributed by atoms with van der Waals surface area (Å²) in [4.78, 5) is 18.8. The maximum Gasteiger partial charge on any atom is 0.236 e. The molecule has 19 heavy (non-hydrogen) atoms. The second-order valence-electron chi connectivity index (χ2n) is 5.92. The predicted octanol–water partition coefficient (Wildman–Crippen LogP) is 0.260. The van der Waals surface area contributed by atoms with Gasteiger partial charge in [0.15, 0.2) is 0 Å². The zero-order valence-corrected chi connectivity index (χ0v) is 12.5. The van der Waals surface area contributed by atoms with Crippen LogP contribution in [-0.4, -0.2) is 86.2 Å². The van der Waals surface area contributed by atoms with E-state index in [1.54, 1.807) is 0 Å². The summed E-state index contributed by atoms with van der Waals surface area (Å²) < 4.78 is 5.28. The van der Waals surface area contributed by atoms with Crippen LogP contribution in [0.15, 0.2) is 0 Å². The van der Waals surface area contributed by atoms with Gasteiger partial charge in [0.2, 0.25) is 5.91 Å². The molecule has 0 radical (unpaired) electrons. The van der Waals surface area contributed by atoms with Crippen LogP contribution in [0.5, 0.6) is 0 Å². The lowest BCUT2D eigenvalue weighted by Gasteiger charge is -2.39. The van der Waals surface area contributed by atoms with Gasteiger partial charge < -0.3 is 14.5 Å². The van der Waals surface area contributed by atoms with Crippen molar-refractivity contribution in [3.05, 3.63) is 0 Å².